The first-order valence-electron chi connectivity index (χ1n) is 6.58. The van der Waals surface area contributed by atoms with Gasteiger partial charge in [0.15, 0.2) is 0 Å². The third-order valence-corrected chi connectivity index (χ3v) is 3.23. The molecule has 0 aliphatic heterocycles. The number of H-pyrrole nitrogens is 1. The van der Waals surface area contributed by atoms with E-state index in [1.54, 1.807) is 24.3 Å². The van der Waals surface area contributed by atoms with Crippen LogP contribution in [0.3, 0.4) is 0 Å². The van der Waals surface area contributed by atoms with E-state index < -0.39 is 29.5 Å². The molecule has 2 aromatic rings. The molecule has 0 aliphatic carbocycles. The number of benzene rings is 1. The standard InChI is InChI=1S/C14H15N3O5/c1-16(8-12(19)20)11(18)6-7-17-14(22)10-5-3-2-4-9(10)13(21)15-17/h2-5H,6-8H2,1H3,(H,15,21)(H,19,20). The van der Waals surface area contributed by atoms with Gasteiger partial charge in [0.1, 0.15) is 6.54 Å². The first-order chi connectivity index (χ1) is 10.4. The summed E-state index contributed by atoms with van der Waals surface area (Å²) in [5, 5.41) is 11.6. The Morgan fingerprint density at radius 3 is 2.50 bits per heavy atom. The largest absolute Gasteiger partial charge is 0.480 e. The molecule has 8 nitrogen and oxygen atoms in total. The molecule has 1 amide bonds. The van der Waals surface area contributed by atoms with Crippen LogP contribution in [0.1, 0.15) is 6.42 Å². The van der Waals surface area contributed by atoms with Crippen LogP contribution in [0.5, 0.6) is 0 Å². The fourth-order valence-electron chi connectivity index (χ4n) is 2.09. The average Bonchev–Trinajstić information content (AvgIpc) is 2.48. The molecular formula is C14H15N3O5. The maximum atomic E-state index is 12.2. The van der Waals surface area contributed by atoms with Gasteiger partial charge in [-0.25, -0.2) is 4.68 Å². The van der Waals surface area contributed by atoms with Crippen LogP contribution in [0.25, 0.3) is 10.8 Å². The van der Waals surface area contributed by atoms with Gasteiger partial charge in [-0.15, -0.1) is 0 Å². The van der Waals surface area contributed by atoms with Crippen molar-refractivity contribution in [2.24, 2.45) is 0 Å². The number of aryl methyl sites for hydroxylation is 1. The minimum absolute atomic E-state index is 0.0261. The second-order valence-electron chi connectivity index (χ2n) is 4.84. The van der Waals surface area contributed by atoms with Crippen molar-refractivity contribution >= 4 is 22.6 Å². The van der Waals surface area contributed by atoms with E-state index >= 15 is 0 Å². The van der Waals surface area contributed by atoms with Crippen LogP contribution in [-0.4, -0.2) is 45.3 Å². The van der Waals surface area contributed by atoms with E-state index in [1.807, 2.05) is 0 Å². The number of likely N-dealkylation sites (N-methyl/N-ethyl adjacent to an activating group) is 1. The van der Waals surface area contributed by atoms with Gasteiger partial charge in [0.05, 0.1) is 17.3 Å². The number of carboxylic acids is 1. The summed E-state index contributed by atoms with van der Waals surface area (Å²) in [6.07, 6.45) is -0.0854. The molecule has 2 rings (SSSR count). The summed E-state index contributed by atoms with van der Waals surface area (Å²) in [4.78, 5) is 47.5. The van der Waals surface area contributed by atoms with Crippen LogP contribution in [0.15, 0.2) is 33.9 Å². The number of carbonyl (C=O) groups excluding carboxylic acids is 1. The van der Waals surface area contributed by atoms with Gasteiger partial charge in [-0.2, -0.15) is 0 Å². The maximum absolute atomic E-state index is 12.2. The van der Waals surface area contributed by atoms with Crippen LogP contribution in [0.4, 0.5) is 0 Å². The number of carbonyl (C=O) groups is 2. The number of hydrogen-bond donors (Lipinski definition) is 2. The van der Waals surface area contributed by atoms with Gasteiger partial charge in [0.25, 0.3) is 11.1 Å². The van der Waals surface area contributed by atoms with Gasteiger partial charge >= 0.3 is 5.97 Å². The lowest BCUT2D eigenvalue weighted by Gasteiger charge is -2.14. The summed E-state index contributed by atoms with van der Waals surface area (Å²) in [7, 11) is 1.36. The Labute approximate surface area is 124 Å². The molecule has 22 heavy (non-hydrogen) atoms. The van der Waals surface area contributed by atoms with Crippen molar-refractivity contribution in [1.82, 2.24) is 14.7 Å². The number of rotatable bonds is 5. The number of aromatic amines is 1. The van der Waals surface area contributed by atoms with Gasteiger partial charge in [-0.05, 0) is 12.1 Å². The zero-order chi connectivity index (χ0) is 16.3. The Bertz CT molecular complexity index is 836. The zero-order valence-corrected chi connectivity index (χ0v) is 11.9. The molecule has 1 heterocycles. The number of carboxylic acid groups (broad SMARTS) is 1. The Morgan fingerprint density at radius 2 is 1.86 bits per heavy atom. The molecule has 0 radical (unpaired) electrons. The number of fused-ring (bicyclic) bond motifs is 1. The monoisotopic (exact) mass is 305 g/mol. The van der Waals surface area contributed by atoms with Crippen LogP contribution in [0.2, 0.25) is 0 Å². The normalized spacial score (nSPS) is 10.6. The highest BCUT2D eigenvalue weighted by molar-refractivity contribution is 5.81. The van der Waals surface area contributed by atoms with Crippen molar-refractivity contribution < 1.29 is 14.7 Å². The summed E-state index contributed by atoms with van der Waals surface area (Å²) < 4.78 is 1.07. The third kappa shape index (κ3) is 3.22. The smallest absolute Gasteiger partial charge is 0.323 e. The van der Waals surface area contributed by atoms with Crippen LogP contribution >= 0.6 is 0 Å². The topological polar surface area (TPSA) is 112 Å². The quantitative estimate of drug-likeness (QED) is 0.782. The van der Waals surface area contributed by atoms with E-state index in [0.29, 0.717) is 0 Å². The van der Waals surface area contributed by atoms with Gasteiger partial charge < -0.3 is 10.0 Å². The predicted molar refractivity (Wildman–Crippen MR) is 78.7 cm³/mol. The molecular weight excluding hydrogens is 290 g/mol. The van der Waals surface area contributed by atoms with Crippen molar-refractivity contribution in [3.63, 3.8) is 0 Å². The molecule has 8 heteroatoms. The lowest BCUT2D eigenvalue weighted by atomic mass is 10.2. The lowest BCUT2D eigenvalue weighted by Crippen LogP contribution is -2.35. The molecule has 1 aromatic carbocycles. The number of hydrogen-bond acceptors (Lipinski definition) is 4. The molecule has 0 spiro atoms. The first kappa shape index (κ1) is 15.5. The van der Waals surface area contributed by atoms with E-state index in [0.717, 1.165) is 9.58 Å². The second kappa shape index (κ2) is 6.25. The summed E-state index contributed by atoms with van der Waals surface area (Å²) >= 11 is 0. The van der Waals surface area contributed by atoms with Gasteiger partial charge in [-0.1, -0.05) is 12.1 Å². The van der Waals surface area contributed by atoms with Crippen LogP contribution in [-0.2, 0) is 16.1 Å². The number of aromatic nitrogens is 2. The summed E-state index contributed by atoms with van der Waals surface area (Å²) in [5.41, 5.74) is -0.814. The lowest BCUT2D eigenvalue weighted by molar-refractivity contribution is -0.143. The summed E-state index contributed by atoms with van der Waals surface area (Å²) in [6, 6.07) is 6.40. The van der Waals surface area contributed by atoms with Crippen LogP contribution < -0.4 is 11.1 Å². The minimum Gasteiger partial charge on any atom is -0.480 e. The Hall–Kier alpha value is -2.90. The predicted octanol–water partition coefficient (Wildman–Crippen LogP) is -0.377. The second-order valence-corrected chi connectivity index (χ2v) is 4.84. The van der Waals surface area contributed by atoms with E-state index in [2.05, 4.69) is 5.10 Å². The van der Waals surface area contributed by atoms with Crippen molar-refractivity contribution in [2.75, 3.05) is 13.6 Å². The molecule has 0 saturated heterocycles. The zero-order valence-electron chi connectivity index (χ0n) is 11.9. The molecule has 0 atom stereocenters. The van der Waals surface area contributed by atoms with Crippen molar-refractivity contribution in [2.45, 2.75) is 13.0 Å². The van der Waals surface area contributed by atoms with Crippen LogP contribution in [0, 0.1) is 0 Å². The van der Waals surface area contributed by atoms with E-state index in [4.69, 9.17) is 5.11 Å². The highest BCUT2D eigenvalue weighted by Crippen LogP contribution is 2.02. The number of nitrogens with one attached hydrogen (secondary N) is 1. The molecule has 0 fully saturated rings. The van der Waals surface area contributed by atoms with Gasteiger partial charge in [0.2, 0.25) is 5.91 Å². The number of aliphatic carboxylic acids is 1. The SMILES string of the molecule is CN(CC(=O)O)C(=O)CCn1[nH]c(=O)c2ccccc2c1=O. The molecule has 0 aliphatic rings. The van der Waals surface area contributed by atoms with Crippen molar-refractivity contribution in [3.05, 3.63) is 45.0 Å². The Balaban J connectivity index is 2.21. The molecule has 1 aromatic heterocycles. The fourth-order valence-corrected chi connectivity index (χ4v) is 2.09. The molecule has 2 N–H and O–H groups in total. The Morgan fingerprint density at radius 1 is 1.23 bits per heavy atom. The highest BCUT2D eigenvalue weighted by Gasteiger charge is 2.13. The van der Waals surface area contributed by atoms with E-state index in [-0.39, 0.29) is 23.7 Å². The van der Waals surface area contributed by atoms with Crippen molar-refractivity contribution in [3.8, 4) is 0 Å². The number of nitrogens with zero attached hydrogens (tertiary/aromatic N) is 2. The van der Waals surface area contributed by atoms with Gasteiger partial charge in [-0.3, -0.25) is 24.3 Å². The average molecular weight is 305 g/mol. The van der Waals surface area contributed by atoms with E-state index in [9.17, 15) is 19.2 Å². The molecule has 0 unspecified atom stereocenters. The minimum atomic E-state index is -1.12. The molecule has 116 valence electrons. The van der Waals surface area contributed by atoms with Gasteiger partial charge in [0, 0.05) is 13.5 Å². The van der Waals surface area contributed by atoms with Crippen molar-refractivity contribution in [1.29, 1.82) is 0 Å². The first-order valence-corrected chi connectivity index (χ1v) is 6.58. The highest BCUT2D eigenvalue weighted by atomic mass is 16.4. The third-order valence-electron chi connectivity index (χ3n) is 3.23. The maximum Gasteiger partial charge on any atom is 0.323 e. The summed E-state index contributed by atoms with van der Waals surface area (Å²) in [6.45, 7) is -0.441. The number of amides is 1. The molecule has 0 saturated carbocycles. The summed E-state index contributed by atoms with van der Waals surface area (Å²) in [5.74, 6) is -1.55. The Kier molecular flexibility index (Phi) is 4.40. The molecule has 0 bridgehead atoms. The fraction of sp³-hybridized carbons (Fsp3) is 0.286. The van der Waals surface area contributed by atoms with E-state index in [1.165, 1.54) is 7.05 Å².